The zero-order valence-electron chi connectivity index (χ0n) is 23.4. The predicted octanol–water partition coefficient (Wildman–Crippen LogP) is 0.461. The number of halogens is 1. The monoisotopic (exact) mass is 574 g/mol. The van der Waals surface area contributed by atoms with Crippen molar-refractivity contribution in [2.45, 2.75) is 45.2 Å². The van der Waals surface area contributed by atoms with E-state index in [2.05, 4.69) is 16.0 Å². The first-order valence-electron chi connectivity index (χ1n) is 13.5. The molecule has 0 saturated carbocycles. The summed E-state index contributed by atoms with van der Waals surface area (Å²) in [5, 5.41) is 26.5. The van der Waals surface area contributed by atoms with Crippen LogP contribution in [0.25, 0.3) is 0 Å². The molecule has 2 aromatic rings. The first-order chi connectivity index (χ1) is 19.7. The molecule has 0 saturated heterocycles. The fourth-order valence-electron chi connectivity index (χ4n) is 4.05. The number of anilines is 1. The molecule has 41 heavy (non-hydrogen) atoms. The van der Waals surface area contributed by atoms with E-state index in [-0.39, 0.29) is 64.6 Å². The van der Waals surface area contributed by atoms with E-state index in [0.29, 0.717) is 16.8 Å². The first-order valence-corrected chi connectivity index (χ1v) is 13.5. The molecule has 0 aliphatic carbocycles. The van der Waals surface area contributed by atoms with Crippen molar-refractivity contribution in [3.63, 3.8) is 0 Å². The van der Waals surface area contributed by atoms with Crippen LogP contribution in [0, 0.1) is 5.82 Å². The lowest BCUT2D eigenvalue weighted by molar-refractivity contribution is -0.147. The average molecular weight is 575 g/mol. The van der Waals surface area contributed by atoms with Gasteiger partial charge in [-0.15, -0.1) is 0 Å². The van der Waals surface area contributed by atoms with Crippen LogP contribution in [0.2, 0.25) is 0 Å². The van der Waals surface area contributed by atoms with E-state index in [1.54, 1.807) is 43.0 Å². The summed E-state index contributed by atoms with van der Waals surface area (Å²) in [7, 11) is 0. The number of aliphatic hydroxyl groups excluding tert-OH is 2. The van der Waals surface area contributed by atoms with Gasteiger partial charge in [0.05, 0.1) is 26.4 Å². The molecule has 2 aromatic carbocycles. The number of benzene rings is 2. The smallest absolute Gasteiger partial charge is 0.328 e. The minimum Gasteiger partial charge on any atom is -0.464 e. The number of carbonyl (C=O) groups is 4. The summed E-state index contributed by atoms with van der Waals surface area (Å²) in [4.78, 5) is 52.3. The lowest BCUT2D eigenvalue weighted by Gasteiger charge is -2.25. The van der Waals surface area contributed by atoms with E-state index < -0.39 is 35.7 Å². The number of rotatable bonds is 17. The molecular weight excluding hydrogens is 535 g/mol. The van der Waals surface area contributed by atoms with Gasteiger partial charge in [-0.05, 0) is 42.3 Å². The Labute approximate surface area is 239 Å². The van der Waals surface area contributed by atoms with Gasteiger partial charge in [-0.1, -0.05) is 31.2 Å². The second-order valence-electron chi connectivity index (χ2n) is 9.20. The second-order valence-corrected chi connectivity index (χ2v) is 9.20. The minimum absolute atomic E-state index is 0.0326. The van der Waals surface area contributed by atoms with Gasteiger partial charge in [0.2, 0.25) is 17.7 Å². The third kappa shape index (κ3) is 11.5. The molecule has 0 aliphatic heterocycles. The maximum Gasteiger partial charge on any atom is 0.328 e. The number of ether oxygens (including phenoxy) is 1. The minimum atomic E-state index is -1.13. The van der Waals surface area contributed by atoms with Gasteiger partial charge in [-0.2, -0.15) is 0 Å². The van der Waals surface area contributed by atoms with E-state index in [1.807, 2.05) is 0 Å². The number of carbonyl (C=O) groups excluding carboxylic acids is 4. The molecule has 224 valence electrons. The third-order valence-electron chi connectivity index (χ3n) is 6.11. The molecule has 0 heterocycles. The standard InChI is InChI=1S/C29H39FN4O7/c1-3-26(37)31-19-27(38)32-24(18-21-6-5-7-23(16-21)34(12-14-35)13-15-36)28(39)33-25(29(40)41-4-2)17-20-8-10-22(30)11-9-20/h5-11,16,24-25,35-36H,3-4,12-15,17-19H2,1-2H3,(H,31,37)(H,32,38)(H,33,39). The van der Waals surface area contributed by atoms with Gasteiger partial charge in [-0.25, -0.2) is 9.18 Å². The van der Waals surface area contributed by atoms with E-state index in [9.17, 15) is 33.8 Å². The van der Waals surface area contributed by atoms with Crippen LogP contribution in [-0.2, 0) is 36.8 Å². The Kier molecular flexibility index (Phi) is 14.3. The van der Waals surface area contributed by atoms with Crippen LogP contribution in [0.15, 0.2) is 48.5 Å². The Morgan fingerprint density at radius 3 is 2.15 bits per heavy atom. The highest BCUT2D eigenvalue weighted by Crippen LogP contribution is 2.17. The number of esters is 1. The van der Waals surface area contributed by atoms with Crippen LogP contribution in [0.5, 0.6) is 0 Å². The van der Waals surface area contributed by atoms with E-state index >= 15 is 0 Å². The normalized spacial score (nSPS) is 12.1. The molecule has 0 bridgehead atoms. The van der Waals surface area contributed by atoms with Crippen molar-refractivity contribution in [2.75, 3.05) is 44.4 Å². The number of hydrogen-bond acceptors (Lipinski definition) is 8. The lowest BCUT2D eigenvalue weighted by Crippen LogP contribution is -2.54. The van der Waals surface area contributed by atoms with Crippen molar-refractivity contribution < 1.29 is 38.5 Å². The van der Waals surface area contributed by atoms with Crippen LogP contribution in [0.1, 0.15) is 31.4 Å². The van der Waals surface area contributed by atoms with Crippen molar-refractivity contribution in [1.29, 1.82) is 0 Å². The van der Waals surface area contributed by atoms with Crippen LogP contribution in [0.4, 0.5) is 10.1 Å². The maximum absolute atomic E-state index is 13.5. The Balaban J connectivity index is 2.30. The fraction of sp³-hybridized carbons (Fsp3) is 0.448. The van der Waals surface area contributed by atoms with Crippen molar-refractivity contribution >= 4 is 29.4 Å². The molecule has 2 atom stereocenters. The van der Waals surface area contributed by atoms with Crippen molar-refractivity contribution in [3.8, 4) is 0 Å². The highest BCUT2D eigenvalue weighted by molar-refractivity contribution is 5.92. The number of aliphatic hydroxyl groups is 2. The summed E-state index contributed by atoms with van der Waals surface area (Å²) in [6.07, 6.45) is 0.253. The topological polar surface area (TPSA) is 157 Å². The average Bonchev–Trinajstić information content (AvgIpc) is 2.96. The molecule has 0 fully saturated rings. The summed E-state index contributed by atoms with van der Waals surface area (Å²) in [5.74, 6) is -2.72. The molecule has 3 amide bonds. The zero-order valence-corrected chi connectivity index (χ0v) is 23.4. The maximum atomic E-state index is 13.5. The Hall–Kier alpha value is -4.03. The summed E-state index contributed by atoms with van der Waals surface area (Å²) >= 11 is 0. The Morgan fingerprint density at radius 2 is 1.54 bits per heavy atom. The molecule has 0 spiro atoms. The third-order valence-corrected chi connectivity index (χ3v) is 6.11. The Morgan fingerprint density at radius 1 is 0.878 bits per heavy atom. The van der Waals surface area contributed by atoms with Gasteiger partial charge in [0, 0.05) is 38.0 Å². The molecule has 11 nitrogen and oxygen atoms in total. The van der Waals surface area contributed by atoms with E-state index in [4.69, 9.17) is 4.74 Å². The van der Waals surface area contributed by atoms with Crippen LogP contribution >= 0.6 is 0 Å². The number of nitrogens with zero attached hydrogens (tertiary/aromatic N) is 1. The van der Waals surface area contributed by atoms with Crippen LogP contribution in [-0.4, -0.2) is 85.4 Å². The van der Waals surface area contributed by atoms with Crippen LogP contribution < -0.4 is 20.9 Å². The second kappa shape index (κ2) is 17.6. The molecule has 0 aliphatic rings. The summed E-state index contributed by atoms with van der Waals surface area (Å²) in [6, 6.07) is 10.3. The molecule has 12 heteroatoms. The van der Waals surface area contributed by atoms with Crippen molar-refractivity contribution in [2.24, 2.45) is 0 Å². The number of nitrogens with one attached hydrogen (secondary N) is 3. The Bertz CT molecular complexity index is 1140. The molecule has 2 rings (SSSR count). The zero-order chi connectivity index (χ0) is 30.2. The van der Waals surface area contributed by atoms with Gasteiger partial charge in [0.1, 0.15) is 17.9 Å². The van der Waals surface area contributed by atoms with Gasteiger partial charge < -0.3 is 35.8 Å². The SMILES string of the molecule is CCOC(=O)C(Cc1ccc(F)cc1)NC(=O)C(Cc1cccc(N(CCO)CCO)c1)NC(=O)CNC(=O)CC. The van der Waals surface area contributed by atoms with E-state index in [0.717, 1.165) is 0 Å². The van der Waals surface area contributed by atoms with Gasteiger partial charge >= 0.3 is 5.97 Å². The first kappa shape index (κ1) is 33.2. The number of hydrogen-bond donors (Lipinski definition) is 5. The van der Waals surface area contributed by atoms with Gasteiger partial charge in [-0.3, -0.25) is 14.4 Å². The van der Waals surface area contributed by atoms with Crippen LogP contribution in [0.3, 0.4) is 0 Å². The highest BCUT2D eigenvalue weighted by Gasteiger charge is 2.28. The molecule has 0 aromatic heterocycles. The molecule has 2 unspecified atom stereocenters. The highest BCUT2D eigenvalue weighted by atomic mass is 19.1. The van der Waals surface area contributed by atoms with Crippen molar-refractivity contribution in [3.05, 3.63) is 65.5 Å². The summed E-state index contributed by atoms with van der Waals surface area (Å²) in [6.45, 7) is 3.33. The quantitative estimate of drug-likeness (QED) is 0.171. The predicted molar refractivity (Wildman–Crippen MR) is 150 cm³/mol. The molecular formula is C29H39FN4O7. The van der Waals surface area contributed by atoms with Gasteiger partial charge in [0.25, 0.3) is 0 Å². The molecule has 0 radical (unpaired) electrons. The van der Waals surface area contributed by atoms with Gasteiger partial charge in [0.15, 0.2) is 0 Å². The lowest BCUT2D eigenvalue weighted by atomic mass is 10.0. The van der Waals surface area contributed by atoms with Crippen molar-refractivity contribution in [1.82, 2.24) is 16.0 Å². The largest absolute Gasteiger partial charge is 0.464 e. The summed E-state index contributed by atoms with van der Waals surface area (Å²) < 4.78 is 18.5. The fourth-order valence-corrected chi connectivity index (χ4v) is 4.05. The molecule has 5 N–H and O–H groups in total. The summed E-state index contributed by atoms with van der Waals surface area (Å²) in [5.41, 5.74) is 1.95. The number of amides is 3. The van der Waals surface area contributed by atoms with E-state index in [1.165, 1.54) is 24.3 Å².